The fourth-order valence-electron chi connectivity index (χ4n) is 1.83. The predicted octanol–water partition coefficient (Wildman–Crippen LogP) is 2.53. The summed E-state index contributed by atoms with van der Waals surface area (Å²) < 4.78 is 5.71. The molecule has 0 saturated heterocycles. The molecule has 0 aliphatic carbocycles. The van der Waals surface area contributed by atoms with Crippen LogP contribution in [0.25, 0.3) is 0 Å². The van der Waals surface area contributed by atoms with E-state index in [9.17, 15) is 4.79 Å². The highest BCUT2D eigenvalue weighted by atomic mass is 79.9. The SMILES string of the molecule is COCCN(Cc1ccccn1)C(=O)c1cccc(Br)n1. The number of halogens is 1. The van der Waals surface area contributed by atoms with E-state index in [1.165, 1.54) is 0 Å². The number of ether oxygens (including phenoxy) is 1. The molecule has 0 bridgehead atoms. The topological polar surface area (TPSA) is 55.3 Å². The van der Waals surface area contributed by atoms with E-state index in [2.05, 4.69) is 25.9 Å². The molecule has 0 N–H and O–H groups in total. The second-order valence-electron chi connectivity index (χ2n) is 4.39. The first-order chi connectivity index (χ1) is 10.2. The van der Waals surface area contributed by atoms with E-state index in [1.54, 1.807) is 36.4 Å². The molecule has 0 spiro atoms. The van der Waals surface area contributed by atoms with Gasteiger partial charge in [0, 0.05) is 19.9 Å². The van der Waals surface area contributed by atoms with Crippen LogP contribution in [0.5, 0.6) is 0 Å². The number of hydrogen-bond donors (Lipinski definition) is 0. The average Bonchev–Trinajstić information content (AvgIpc) is 2.51. The molecule has 0 aromatic carbocycles. The van der Waals surface area contributed by atoms with E-state index < -0.39 is 0 Å². The largest absolute Gasteiger partial charge is 0.383 e. The third-order valence-electron chi connectivity index (χ3n) is 2.87. The summed E-state index contributed by atoms with van der Waals surface area (Å²) in [6.07, 6.45) is 1.71. The van der Waals surface area contributed by atoms with Crippen molar-refractivity contribution in [1.29, 1.82) is 0 Å². The number of methoxy groups -OCH3 is 1. The van der Waals surface area contributed by atoms with Gasteiger partial charge in [0.15, 0.2) is 0 Å². The summed E-state index contributed by atoms with van der Waals surface area (Å²) in [5.41, 5.74) is 1.23. The molecule has 6 heteroatoms. The first-order valence-electron chi connectivity index (χ1n) is 6.51. The molecule has 0 aliphatic rings. The van der Waals surface area contributed by atoms with Crippen LogP contribution in [0.1, 0.15) is 16.2 Å². The number of carbonyl (C=O) groups is 1. The van der Waals surface area contributed by atoms with Crippen LogP contribution in [0.3, 0.4) is 0 Å². The summed E-state index contributed by atoms with van der Waals surface area (Å²) >= 11 is 3.28. The van der Waals surface area contributed by atoms with Gasteiger partial charge in [0.25, 0.3) is 5.91 Å². The lowest BCUT2D eigenvalue weighted by atomic mass is 10.2. The number of nitrogens with zero attached hydrogens (tertiary/aromatic N) is 3. The Labute approximate surface area is 132 Å². The molecule has 0 radical (unpaired) electrons. The molecular formula is C15H16BrN3O2. The van der Waals surface area contributed by atoms with Gasteiger partial charge in [0.2, 0.25) is 0 Å². The van der Waals surface area contributed by atoms with Crippen molar-refractivity contribution in [3.8, 4) is 0 Å². The molecule has 1 amide bonds. The normalized spacial score (nSPS) is 10.4. The zero-order valence-corrected chi connectivity index (χ0v) is 13.3. The minimum Gasteiger partial charge on any atom is -0.383 e. The van der Waals surface area contributed by atoms with Crippen molar-refractivity contribution in [1.82, 2.24) is 14.9 Å². The molecule has 2 aromatic rings. The fraction of sp³-hybridized carbons (Fsp3) is 0.267. The Morgan fingerprint density at radius 2 is 2.14 bits per heavy atom. The molecule has 2 rings (SSSR count). The van der Waals surface area contributed by atoms with Crippen LogP contribution in [0.4, 0.5) is 0 Å². The van der Waals surface area contributed by atoms with Crippen molar-refractivity contribution in [2.75, 3.05) is 20.3 Å². The van der Waals surface area contributed by atoms with Crippen LogP contribution in [0, 0.1) is 0 Å². The summed E-state index contributed by atoms with van der Waals surface area (Å²) in [5.74, 6) is -0.140. The van der Waals surface area contributed by atoms with Gasteiger partial charge in [0.1, 0.15) is 10.3 Å². The maximum atomic E-state index is 12.6. The van der Waals surface area contributed by atoms with Gasteiger partial charge in [-0.1, -0.05) is 12.1 Å². The Morgan fingerprint density at radius 1 is 1.29 bits per heavy atom. The van der Waals surface area contributed by atoms with Gasteiger partial charge in [-0.05, 0) is 40.2 Å². The lowest BCUT2D eigenvalue weighted by Crippen LogP contribution is -2.34. The number of carbonyl (C=O) groups excluding carboxylic acids is 1. The van der Waals surface area contributed by atoms with Crippen molar-refractivity contribution in [3.63, 3.8) is 0 Å². The maximum Gasteiger partial charge on any atom is 0.272 e. The number of rotatable bonds is 6. The molecule has 0 unspecified atom stereocenters. The Morgan fingerprint density at radius 3 is 2.81 bits per heavy atom. The van der Waals surface area contributed by atoms with Gasteiger partial charge in [-0.2, -0.15) is 0 Å². The van der Waals surface area contributed by atoms with Crippen LogP contribution in [0.2, 0.25) is 0 Å². The van der Waals surface area contributed by atoms with Crippen LogP contribution in [-0.4, -0.2) is 41.0 Å². The molecule has 5 nitrogen and oxygen atoms in total. The molecule has 0 saturated carbocycles. The van der Waals surface area contributed by atoms with E-state index in [1.807, 2.05) is 18.2 Å². The van der Waals surface area contributed by atoms with Gasteiger partial charge in [-0.15, -0.1) is 0 Å². The third-order valence-corrected chi connectivity index (χ3v) is 3.31. The molecule has 110 valence electrons. The highest BCUT2D eigenvalue weighted by Crippen LogP contribution is 2.10. The van der Waals surface area contributed by atoms with Gasteiger partial charge < -0.3 is 9.64 Å². The van der Waals surface area contributed by atoms with Crippen LogP contribution >= 0.6 is 15.9 Å². The predicted molar refractivity (Wildman–Crippen MR) is 82.8 cm³/mol. The molecular weight excluding hydrogens is 334 g/mol. The minimum atomic E-state index is -0.140. The number of hydrogen-bond acceptors (Lipinski definition) is 4. The first kappa shape index (κ1) is 15.6. The zero-order valence-electron chi connectivity index (χ0n) is 11.7. The molecule has 0 fully saturated rings. The molecule has 0 aliphatic heterocycles. The smallest absolute Gasteiger partial charge is 0.272 e. The quantitative estimate of drug-likeness (QED) is 0.752. The highest BCUT2D eigenvalue weighted by molar-refractivity contribution is 9.10. The van der Waals surface area contributed by atoms with Crippen LogP contribution in [0.15, 0.2) is 47.2 Å². The van der Waals surface area contributed by atoms with E-state index in [0.29, 0.717) is 30.0 Å². The van der Waals surface area contributed by atoms with E-state index in [0.717, 1.165) is 5.69 Å². The summed E-state index contributed by atoms with van der Waals surface area (Å²) in [5, 5.41) is 0. The number of aromatic nitrogens is 2. The van der Waals surface area contributed by atoms with Crippen molar-refractivity contribution in [3.05, 3.63) is 58.6 Å². The van der Waals surface area contributed by atoms with Crippen LogP contribution in [-0.2, 0) is 11.3 Å². The van der Waals surface area contributed by atoms with Crippen molar-refractivity contribution >= 4 is 21.8 Å². The lowest BCUT2D eigenvalue weighted by Gasteiger charge is -2.21. The van der Waals surface area contributed by atoms with E-state index in [-0.39, 0.29) is 5.91 Å². The number of pyridine rings is 2. The monoisotopic (exact) mass is 349 g/mol. The lowest BCUT2D eigenvalue weighted by molar-refractivity contribution is 0.0672. The Hall–Kier alpha value is -1.79. The highest BCUT2D eigenvalue weighted by Gasteiger charge is 2.17. The second kappa shape index (κ2) is 7.85. The van der Waals surface area contributed by atoms with Gasteiger partial charge >= 0.3 is 0 Å². The zero-order chi connectivity index (χ0) is 15.1. The third kappa shape index (κ3) is 4.61. The molecule has 2 heterocycles. The van der Waals surface area contributed by atoms with Crippen molar-refractivity contribution < 1.29 is 9.53 Å². The Bertz CT molecular complexity index is 592. The maximum absolute atomic E-state index is 12.6. The molecule has 21 heavy (non-hydrogen) atoms. The second-order valence-corrected chi connectivity index (χ2v) is 5.20. The summed E-state index contributed by atoms with van der Waals surface area (Å²) in [7, 11) is 1.61. The average molecular weight is 350 g/mol. The standard InChI is InChI=1S/C15H16BrN3O2/c1-21-10-9-19(11-12-5-2-3-8-17-12)15(20)13-6-4-7-14(16)18-13/h2-8H,9-11H2,1H3. The first-order valence-corrected chi connectivity index (χ1v) is 7.30. The number of amides is 1. The van der Waals surface area contributed by atoms with E-state index in [4.69, 9.17) is 4.74 Å². The van der Waals surface area contributed by atoms with Gasteiger partial charge in [-0.25, -0.2) is 4.98 Å². The summed E-state index contributed by atoms with van der Waals surface area (Å²) in [6.45, 7) is 1.38. The summed E-state index contributed by atoms with van der Waals surface area (Å²) in [6, 6.07) is 10.9. The van der Waals surface area contributed by atoms with Crippen molar-refractivity contribution in [2.45, 2.75) is 6.54 Å². The molecule has 0 atom stereocenters. The Kier molecular flexibility index (Phi) is 5.83. The summed E-state index contributed by atoms with van der Waals surface area (Å²) in [4.78, 5) is 22.7. The van der Waals surface area contributed by atoms with Gasteiger partial charge in [-0.3, -0.25) is 9.78 Å². The van der Waals surface area contributed by atoms with Gasteiger partial charge in [0.05, 0.1) is 18.8 Å². The van der Waals surface area contributed by atoms with E-state index >= 15 is 0 Å². The molecule has 2 aromatic heterocycles. The van der Waals surface area contributed by atoms with Crippen molar-refractivity contribution in [2.24, 2.45) is 0 Å². The van der Waals surface area contributed by atoms with Crippen LogP contribution < -0.4 is 0 Å². The fourth-order valence-corrected chi connectivity index (χ4v) is 2.17. The minimum absolute atomic E-state index is 0.140. The Balaban J connectivity index is 2.17.